The van der Waals surface area contributed by atoms with Crippen LogP contribution in [0.1, 0.15) is 39.2 Å². The molecule has 0 N–H and O–H groups in total. The number of hydrogen-bond acceptors (Lipinski definition) is 6. The van der Waals surface area contributed by atoms with Crippen LogP contribution in [0.4, 0.5) is 29.3 Å². The van der Waals surface area contributed by atoms with Gasteiger partial charge in [0, 0.05) is 55.8 Å². The van der Waals surface area contributed by atoms with Crippen molar-refractivity contribution in [1.82, 2.24) is 9.80 Å². The van der Waals surface area contributed by atoms with Crippen molar-refractivity contribution in [2.24, 2.45) is 0 Å². The van der Waals surface area contributed by atoms with Crippen LogP contribution in [-0.2, 0) is 10.9 Å². The average Bonchev–Trinajstić information content (AvgIpc) is 2.71. The van der Waals surface area contributed by atoms with E-state index < -0.39 is 28.0 Å². The van der Waals surface area contributed by atoms with Crippen molar-refractivity contribution in [3.63, 3.8) is 0 Å². The molecule has 0 radical (unpaired) electrons. The van der Waals surface area contributed by atoms with Crippen molar-refractivity contribution in [2.75, 3.05) is 44.2 Å². The van der Waals surface area contributed by atoms with Crippen molar-refractivity contribution >= 4 is 33.4 Å². The molecule has 1 amide bonds. The van der Waals surface area contributed by atoms with Crippen LogP contribution >= 0.6 is 15.9 Å². The third-order valence-corrected chi connectivity index (χ3v) is 6.49. The molecule has 0 bridgehead atoms. The van der Waals surface area contributed by atoms with E-state index in [-0.39, 0.29) is 16.6 Å². The van der Waals surface area contributed by atoms with Crippen LogP contribution in [0.15, 0.2) is 16.6 Å². The second kappa shape index (κ2) is 9.65. The Hall–Kier alpha value is -2.08. The van der Waals surface area contributed by atoms with E-state index in [2.05, 4.69) is 20.8 Å². The van der Waals surface area contributed by atoms with Crippen LogP contribution < -0.4 is 4.90 Å². The Bertz CT molecular complexity index is 891. The summed E-state index contributed by atoms with van der Waals surface area (Å²) in [6, 6.07) is 2.06. The fourth-order valence-corrected chi connectivity index (χ4v) is 4.82. The number of anilines is 1. The van der Waals surface area contributed by atoms with Gasteiger partial charge in [-0.2, -0.15) is 13.2 Å². The summed E-state index contributed by atoms with van der Waals surface area (Å²) in [7, 11) is 0. The monoisotopic (exact) mass is 536 g/mol. The van der Waals surface area contributed by atoms with Crippen molar-refractivity contribution in [2.45, 2.75) is 51.4 Å². The van der Waals surface area contributed by atoms with Gasteiger partial charge in [-0.1, -0.05) is 0 Å². The van der Waals surface area contributed by atoms with Gasteiger partial charge in [0.1, 0.15) is 11.2 Å². The molecule has 184 valence electrons. The van der Waals surface area contributed by atoms with E-state index in [9.17, 15) is 28.1 Å². The molecular weight excluding hydrogens is 509 g/mol. The molecule has 2 heterocycles. The maximum Gasteiger partial charge on any atom is 0.423 e. The van der Waals surface area contributed by atoms with Crippen molar-refractivity contribution < 1.29 is 27.6 Å². The Balaban J connectivity index is 1.61. The van der Waals surface area contributed by atoms with E-state index in [1.165, 1.54) is 0 Å². The van der Waals surface area contributed by atoms with E-state index in [1.54, 1.807) is 4.90 Å². The van der Waals surface area contributed by atoms with Crippen LogP contribution in [-0.4, -0.2) is 71.7 Å². The average molecular weight is 537 g/mol. The number of carbonyl (C=O) groups is 1. The summed E-state index contributed by atoms with van der Waals surface area (Å²) in [5.74, 6) is 0. The second-order valence-corrected chi connectivity index (χ2v) is 10.2. The highest BCUT2D eigenvalue weighted by Gasteiger charge is 2.40. The second-order valence-electron chi connectivity index (χ2n) is 9.30. The number of nitro benzene ring substituents is 1. The zero-order valence-corrected chi connectivity index (χ0v) is 20.4. The number of nitrogens with zero attached hydrogens (tertiary/aromatic N) is 4. The normalized spacial score (nSPS) is 19.0. The Labute approximate surface area is 198 Å². The van der Waals surface area contributed by atoms with E-state index in [1.807, 2.05) is 25.7 Å². The maximum absolute atomic E-state index is 13.4. The zero-order valence-electron chi connectivity index (χ0n) is 18.8. The smallest absolute Gasteiger partial charge is 0.423 e. The number of carbonyl (C=O) groups excluding carboxylic acids is 1. The number of piperazine rings is 1. The minimum Gasteiger partial charge on any atom is -0.444 e. The van der Waals surface area contributed by atoms with Crippen LogP contribution in [0.25, 0.3) is 0 Å². The lowest BCUT2D eigenvalue weighted by Gasteiger charge is -2.43. The molecule has 2 aliphatic heterocycles. The molecule has 1 aromatic rings. The molecule has 1 aromatic carbocycles. The highest BCUT2D eigenvalue weighted by Crippen LogP contribution is 2.42. The molecule has 0 spiro atoms. The number of hydrogen-bond donors (Lipinski definition) is 0. The predicted molar refractivity (Wildman–Crippen MR) is 120 cm³/mol. The minimum absolute atomic E-state index is 0.265. The lowest BCUT2D eigenvalue weighted by atomic mass is 10.0. The van der Waals surface area contributed by atoms with Gasteiger partial charge < -0.3 is 14.5 Å². The van der Waals surface area contributed by atoms with Gasteiger partial charge in [-0.15, -0.1) is 0 Å². The third kappa shape index (κ3) is 6.28. The first-order valence-corrected chi connectivity index (χ1v) is 11.6. The standard InChI is InChI=1S/C21H28BrF3N4O4/c1-20(2,3)33-19(30)28-10-8-26(9-11-28)14-4-6-27(7-5-14)18-12-15(21(23,24)25)17(29(31)32)13-16(18)22/h12-14H,4-11H2,1-3H3. The van der Waals surface area contributed by atoms with Crippen LogP contribution in [0.5, 0.6) is 0 Å². The van der Waals surface area contributed by atoms with Crippen molar-refractivity contribution in [3.8, 4) is 0 Å². The van der Waals surface area contributed by atoms with Gasteiger partial charge in [0.2, 0.25) is 0 Å². The molecule has 2 saturated heterocycles. The molecule has 0 unspecified atom stereocenters. The predicted octanol–water partition coefficient (Wildman–Crippen LogP) is 4.90. The summed E-state index contributed by atoms with van der Waals surface area (Å²) in [4.78, 5) is 28.2. The minimum atomic E-state index is -4.82. The SMILES string of the molecule is CC(C)(C)OC(=O)N1CCN(C2CCN(c3cc(C(F)(F)F)c([N+](=O)[O-])cc3Br)CC2)CC1. The zero-order chi connectivity index (χ0) is 24.6. The highest BCUT2D eigenvalue weighted by atomic mass is 79.9. The molecule has 0 saturated carbocycles. The van der Waals surface area contributed by atoms with E-state index in [4.69, 9.17) is 4.74 Å². The number of piperidine rings is 1. The Morgan fingerprint density at radius 1 is 1.09 bits per heavy atom. The lowest BCUT2D eigenvalue weighted by molar-refractivity contribution is -0.388. The molecule has 0 aliphatic carbocycles. The molecule has 8 nitrogen and oxygen atoms in total. The van der Waals surface area contributed by atoms with E-state index in [0.717, 1.165) is 25.0 Å². The first-order valence-electron chi connectivity index (χ1n) is 10.8. The Kier molecular flexibility index (Phi) is 7.47. The highest BCUT2D eigenvalue weighted by molar-refractivity contribution is 9.10. The largest absolute Gasteiger partial charge is 0.444 e. The fraction of sp³-hybridized carbons (Fsp3) is 0.667. The van der Waals surface area contributed by atoms with Gasteiger partial charge in [-0.25, -0.2) is 4.79 Å². The topological polar surface area (TPSA) is 79.2 Å². The Morgan fingerprint density at radius 3 is 2.15 bits per heavy atom. The van der Waals surface area contributed by atoms with Crippen molar-refractivity contribution in [3.05, 3.63) is 32.3 Å². The Morgan fingerprint density at radius 2 is 1.67 bits per heavy atom. The molecule has 2 aliphatic rings. The number of rotatable bonds is 3. The quantitative estimate of drug-likeness (QED) is 0.404. The molecule has 33 heavy (non-hydrogen) atoms. The van der Waals surface area contributed by atoms with Gasteiger partial charge in [0.25, 0.3) is 5.69 Å². The summed E-state index contributed by atoms with van der Waals surface area (Å²) in [5.41, 5.74) is -2.44. The molecule has 3 rings (SSSR count). The summed E-state index contributed by atoms with van der Waals surface area (Å²) in [5, 5.41) is 11.1. The summed E-state index contributed by atoms with van der Waals surface area (Å²) in [6.45, 7) is 9.11. The number of alkyl halides is 3. The number of ether oxygens (including phenoxy) is 1. The number of halogens is 4. The van der Waals surface area contributed by atoms with Gasteiger partial charge >= 0.3 is 12.3 Å². The number of nitro groups is 1. The van der Waals surface area contributed by atoms with Crippen molar-refractivity contribution in [1.29, 1.82) is 0 Å². The van der Waals surface area contributed by atoms with E-state index >= 15 is 0 Å². The number of amides is 1. The van der Waals surface area contributed by atoms with Gasteiger partial charge in [0.15, 0.2) is 0 Å². The van der Waals surface area contributed by atoms with Crippen LogP contribution in [0.2, 0.25) is 0 Å². The summed E-state index contributed by atoms with van der Waals surface area (Å²) in [6.07, 6.45) is -3.64. The molecule has 2 fully saturated rings. The van der Waals surface area contributed by atoms with E-state index in [0.29, 0.717) is 45.0 Å². The number of benzene rings is 1. The summed E-state index contributed by atoms with van der Waals surface area (Å²) >= 11 is 3.21. The first-order chi connectivity index (χ1) is 15.3. The molecule has 12 heteroatoms. The molecule has 0 atom stereocenters. The van der Waals surface area contributed by atoms with Gasteiger partial charge in [-0.3, -0.25) is 15.0 Å². The molecular formula is C21H28BrF3N4O4. The van der Waals surface area contributed by atoms with Crippen LogP contribution in [0, 0.1) is 10.1 Å². The fourth-order valence-electron chi connectivity index (χ4n) is 4.24. The third-order valence-electron chi connectivity index (χ3n) is 5.85. The lowest BCUT2D eigenvalue weighted by Crippen LogP contribution is -2.55. The maximum atomic E-state index is 13.4. The van der Waals surface area contributed by atoms with Crippen LogP contribution in [0.3, 0.4) is 0 Å². The van der Waals surface area contributed by atoms with Gasteiger partial charge in [-0.05, 0) is 55.6 Å². The summed E-state index contributed by atoms with van der Waals surface area (Å²) < 4.78 is 45.9. The first kappa shape index (κ1) is 25.5. The van der Waals surface area contributed by atoms with Gasteiger partial charge in [0.05, 0.1) is 10.6 Å². The molecule has 0 aromatic heterocycles.